The maximum absolute atomic E-state index is 11.9. The second-order valence-electron chi connectivity index (χ2n) is 4.92. The largest absolute Gasteiger partial charge is 0.508 e. The number of phenolic OH excluding ortho intramolecular Hbond substituents is 1. The van der Waals surface area contributed by atoms with E-state index in [0.717, 1.165) is 22.3 Å². The van der Waals surface area contributed by atoms with Crippen molar-refractivity contribution in [3.8, 4) is 5.75 Å². The molecule has 5 heteroatoms. The maximum atomic E-state index is 11.9. The number of aromatic hydroxyl groups is 1. The maximum Gasteiger partial charge on any atom is 0.328 e. The summed E-state index contributed by atoms with van der Waals surface area (Å²) in [6.07, 6.45) is 1.72. The number of hydrogen-bond donors (Lipinski definition) is 1. The van der Waals surface area contributed by atoms with Crippen LogP contribution in [0.3, 0.4) is 0 Å². The minimum Gasteiger partial charge on any atom is -0.508 e. The molecule has 0 radical (unpaired) electrons. The van der Waals surface area contributed by atoms with E-state index >= 15 is 0 Å². The van der Waals surface area contributed by atoms with Crippen molar-refractivity contribution >= 4 is 22.9 Å². The van der Waals surface area contributed by atoms with Gasteiger partial charge in [-0.2, -0.15) is 0 Å². The zero-order valence-corrected chi connectivity index (χ0v) is 11.8. The molecule has 0 amide bonds. The monoisotopic (exact) mass is 281 g/mol. The van der Waals surface area contributed by atoms with Crippen molar-refractivity contribution in [1.29, 1.82) is 0 Å². The van der Waals surface area contributed by atoms with Gasteiger partial charge in [0.1, 0.15) is 5.75 Å². The Morgan fingerprint density at radius 1 is 1.00 bits per heavy atom. The predicted molar refractivity (Wildman–Crippen MR) is 83.5 cm³/mol. The molecular formula is C16H15N3O2. The summed E-state index contributed by atoms with van der Waals surface area (Å²) in [4.78, 5) is 16.3. The molecule has 0 aliphatic rings. The molecule has 0 atom stereocenters. The van der Waals surface area contributed by atoms with E-state index < -0.39 is 0 Å². The number of imidazole rings is 1. The van der Waals surface area contributed by atoms with Crippen LogP contribution in [-0.4, -0.2) is 20.5 Å². The molecule has 0 fully saturated rings. The summed E-state index contributed by atoms with van der Waals surface area (Å²) in [7, 11) is 3.50. The fourth-order valence-electron chi connectivity index (χ4n) is 2.28. The molecule has 21 heavy (non-hydrogen) atoms. The van der Waals surface area contributed by atoms with Crippen LogP contribution in [0.5, 0.6) is 5.75 Å². The molecule has 0 bridgehead atoms. The summed E-state index contributed by atoms with van der Waals surface area (Å²) in [5.41, 5.74) is 3.35. The van der Waals surface area contributed by atoms with E-state index in [4.69, 9.17) is 0 Å². The normalized spacial score (nSPS) is 11.5. The Balaban J connectivity index is 2.00. The van der Waals surface area contributed by atoms with Crippen LogP contribution < -0.4 is 5.69 Å². The van der Waals surface area contributed by atoms with Gasteiger partial charge in [0.2, 0.25) is 0 Å². The first kappa shape index (κ1) is 13.2. The average Bonchev–Trinajstić information content (AvgIpc) is 2.71. The SMILES string of the molecule is Cn1c(=O)n(C)c2cc(N=Cc3ccc(O)cc3)ccc21. The number of aliphatic imine (C=N–C) groups is 1. The number of benzene rings is 2. The van der Waals surface area contributed by atoms with Crippen molar-refractivity contribution in [1.82, 2.24) is 9.13 Å². The fourth-order valence-corrected chi connectivity index (χ4v) is 2.28. The van der Waals surface area contributed by atoms with Crippen molar-refractivity contribution in [2.24, 2.45) is 19.1 Å². The third-order valence-corrected chi connectivity index (χ3v) is 3.51. The minimum atomic E-state index is -0.0512. The van der Waals surface area contributed by atoms with Crippen LogP contribution in [0.1, 0.15) is 5.56 Å². The molecule has 1 heterocycles. The van der Waals surface area contributed by atoms with Gasteiger partial charge in [0.25, 0.3) is 0 Å². The van der Waals surface area contributed by atoms with Gasteiger partial charge in [0.05, 0.1) is 16.7 Å². The zero-order chi connectivity index (χ0) is 15.0. The zero-order valence-electron chi connectivity index (χ0n) is 11.8. The summed E-state index contributed by atoms with van der Waals surface area (Å²) < 4.78 is 3.22. The van der Waals surface area contributed by atoms with Gasteiger partial charge in [0.15, 0.2) is 0 Å². The molecule has 5 nitrogen and oxygen atoms in total. The number of aromatic nitrogens is 2. The van der Waals surface area contributed by atoms with Crippen LogP contribution >= 0.6 is 0 Å². The molecule has 0 saturated carbocycles. The number of hydrogen-bond acceptors (Lipinski definition) is 3. The van der Waals surface area contributed by atoms with Crippen LogP contribution in [0.15, 0.2) is 52.3 Å². The topological polar surface area (TPSA) is 59.5 Å². The van der Waals surface area contributed by atoms with Crippen molar-refractivity contribution in [2.75, 3.05) is 0 Å². The van der Waals surface area contributed by atoms with Gasteiger partial charge in [0, 0.05) is 20.3 Å². The van der Waals surface area contributed by atoms with E-state index in [-0.39, 0.29) is 11.4 Å². The summed E-state index contributed by atoms with van der Waals surface area (Å²) in [5, 5.41) is 9.24. The third kappa shape index (κ3) is 2.33. The molecule has 2 aromatic carbocycles. The molecule has 0 unspecified atom stereocenters. The Labute approximate surface area is 121 Å². The summed E-state index contributed by atoms with van der Waals surface area (Å²) in [6, 6.07) is 12.5. The highest BCUT2D eigenvalue weighted by atomic mass is 16.3. The highest BCUT2D eigenvalue weighted by Crippen LogP contribution is 2.20. The molecule has 1 aromatic heterocycles. The fraction of sp³-hybridized carbons (Fsp3) is 0.125. The molecule has 3 rings (SSSR count). The first-order valence-corrected chi connectivity index (χ1v) is 6.55. The lowest BCUT2D eigenvalue weighted by molar-refractivity contribution is 0.475. The second-order valence-corrected chi connectivity index (χ2v) is 4.92. The van der Waals surface area contributed by atoms with E-state index in [1.54, 1.807) is 53.7 Å². The number of fused-ring (bicyclic) bond motifs is 1. The Kier molecular flexibility index (Phi) is 3.10. The Morgan fingerprint density at radius 2 is 1.67 bits per heavy atom. The minimum absolute atomic E-state index is 0.0512. The highest BCUT2D eigenvalue weighted by molar-refractivity contribution is 5.85. The van der Waals surface area contributed by atoms with Crippen molar-refractivity contribution in [3.05, 3.63) is 58.5 Å². The Hall–Kier alpha value is -2.82. The van der Waals surface area contributed by atoms with E-state index in [0.29, 0.717) is 0 Å². The van der Waals surface area contributed by atoms with E-state index in [2.05, 4.69) is 4.99 Å². The molecule has 0 saturated heterocycles. The smallest absolute Gasteiger partial charge is 0.328 e. The Morgan fingerprint density at radius 3 is 2.38 bits per heavy atom. The average molecular weight is 281 g/mol. The lowest BCUT2D eigenvalue weighted by Gasteiger charge is -1.98. The van der Waals surface area contributed by atoms with Gasteiger partial charge in [-0.3, -0.25) is 14.1 Å². The number of phenols is 1. The van der Waals surface area contributed by atoms with Crippen molar-refractivity contribution in [3.63, 3.8) is 0 Å². The standard InChI is InChI=1S/C16H15N3O2/c1-18-14-8-5-12(9-15(14)19(2)16(18)21)17-10-11-3-6-13(20)7-4-11/h3-10,20H,1-2H3. The summed E-state index contributed by atoms with van der Waals surface area (Å²) >= 11 is 0. The second kappa shape index (κ2) is 4.94. The van der Waals surface area contributed by atoms with E-state index in [1.165, 1.54) is 0 Å². The molecule has 0 spiro atoms. The quantitative estimate of drug-likeness (QED) is 0.733. The van der Waals surface area contributed by atoms with Crippen molar-refractivity contribution < 1.29 is 5.11 Å². The number of rotatable bonds is 2. The molecular weight excluding hydrogens is 266 g/mol. The molecule has 1 N–H and O–H groups in total. The van der Waals surface area contributed by atoms with Gasteiger partial charge < -0.3 is 5.11 Å². The van der Waals surface area contributed by atoms with E-state index in [1.807, 2.05) is 18.2 Å². The predicted octanol–water partition coefficient (Wildman–Crippen LogP) is 2.33. The van der Waals surface area contributed by atoms with Crippen LogP contribution in [0.2, 0.25) is 0 Å². The molecule has 0 aliphatic heterocycles. The summed E-state index contributed by atoms with van der Waals surface area (Å²) in [5.74, 6) is 0.229. The van der Waals surface area contributed by atoms with Crippen LogP contribution in [0.4, 0.5) is 5.69 Å². The highest BCUT2D eigenvalue weighted by Gasteiger charge is 2.07. The van der Waals surface area contributed by atoms with Crippen molar-refractivity contribution in [2.45, 2.75) is 0 Å². The van der Waals surface area contributed by atoms with Gasteiger partial charge in [-0.25, -0.2) is 4.79 Å². The Bertz CT molecular complexity index is 886. The van der Waals surface area contributed by atoms with Gasteiger partial charge >= 0.3 is 5.69 Å². The lowest BCUT2D eigenvalue weighted by Crippen LogP contribution is -2.19. The molecule has 0 aliphatic carbocycles. The number of nitrogens with zero attached hydrogens (tertiary/aromatic N) is 3. The van der Waals surface area contributed by atoms with Gasteiger partial charge in [-0.15, -0.1) is 0 Å². The molecule has 106 valence electrons. The first-order chi connectivity index (χ1) is 10.1. The van der Waals surface area contributed by atoms with Crippen LogP contribution in [-0.2, 0) is 14.1 Å². The van der Waals surface area contributed by atoms with Gasteiger partial charge in [-0.05, 0) is 48.0 Å². The van der Waals surface area contributed by atoms with Crippen LogP contribution in [0.25, 0.3) is 11.0 Å². The number of aryl methyl sites for hydroxylation is 2. The van der Waals surface area contributed by atoms with E-state index in [9.17, 15) is 9.90 Å². The molecule has 3 aromatic rings. The third-order valence-electron chi connectivity index (χ3n) is 3.51. The van der Waals surface area contributed by atoms with Gasteiger partial charge in [-0.1, -0.05) is 0 Å². The lowest BCUT2D eigenvalue weighted by atomic mass is 10.2. The summed E-state index contributed by atoms with van der Waals surface area (Å²) in [6.45, 7) is 0. The van der Waals surface area contributed by atoms with Crippen LogP contribution in [0, 0.1) is 0 Å². The first-order valence-electron chi connectivity index (χ1n) is 6.55.